The van der Waals surface area contributed by atoms with Crippen LogP contribution in [0.4, 0.5) is 5.13 Å². The molecular weight excluding hydrogens is 268 g/mol. The average molecular weight is 279 g/mol. The minimum absolute atomic E-state index is 0.622. The zero-order valence-corrected chi connectivity index (χ0v) is 10.6. The van der Waals surface area contributed by atoms with Gasteiger partial charge in [0.2, 0.25) is 0 Å². The fourth-order valence-corrected chi connectivity index (χ4v) is 3.71. The smallest absolute Gasteiger partial charge is 0.186 e. The second kappa shape index (κ2) is 4.19. The second-order valence-electron chi connectivity index (χ2n) is 3.06. The highest BCUT2D eigenvalue weighted by molar-refractivity contribution is 9.11. The van der Waals surface area contributed by atoms with E-state index in [0.29, 0.717) is 6.04 Å². The Bertz CT molecular complexity index is 289. The molecule has 1 saturated heterocycles. The zero-order valence-electron chi connectivity index (χ0n) is 7.36. The van der Waals surface area contributed by atoms with E-state index in [4.69, 9.17) is 0 Å². The van der Waals surface area contributed by atoms with Crippen LogP contribution in [0.2, 0.25) is 0 Å². The van der Waals surface area contributed by atoms with Crippen LogP contribution in [0.5, 0.6) is 0 Å². The molecule has 0 aromatic carbocycles. The van der Waals surface area contributed by atoms with Crippen molar-refractivity contribution in [3.8, 4) is 0 Å². The van der Waals surface area contributed by atoms with Crippen LogP contribution in [0.1, 0.15) is 6.92 Å². The van der Waals surface area contributed by atoms with Gasteiger partial charge in [0.15, 0.2) is 5.13 Å². The molecule has 2 rings (SSSR count). The first-order valence-corrected chi connectivity index (χ1v) is 6.99. The van der Waals surface area contributed by atoms with Crippen molar-refractivity contribution < 1.29 is 0 Å². The lowest BCUT2D eigenvalue weighted by Gasteiger charge is -2.32. The molecule has 0 spiro atoms. The lowest BCUT2D eigenvalue weighted by molar-refractivity contribution is 0.697. The first kappa shape index (κ1) is 9.80. The molecule has 0 bridgehead atoms. The number of hydrogen-bond donors (Lipinski definition) is 0. The summed E-state index contributed by atoms with van der Waals surface area (Å²) >= 11 is 7.19. The van der Waals surface area contributed by atoms with Gasteiger partial charge >= 0.3 is 0 Å². The quantitative estimate of drug-likeness (QED) is 0.786. The van der Waals surface area contributed by atoms with Crippen molar-refractivity contribution in [2.24, 2.45) is 0 Å². The maximum Gasteiger partial charge on any atom is 0.186 e. The van der Waals surface area contributed by atoms with Gasteiger partial charge in [0, 0.05) is 24.1 Å². The molecule has 1 aromatic heterocycles. The highest BCUT2D eigenvalue weighted by atomic mass is 79.9. The van der Waals surface area contributed by atoms with Crippen molar-refractivity contribution in [2.45, 2.75) is 13.0 Å². The molecule has 1 aliphatic heterocycles. The van der Waals surface area contributed by atoms with E-state index in [-0.39, 0.29) is 0 Å². The number of anilines is 1. The molecule has 1 aromatic rings. The molecule has 1 fully saturated rings. The number of aromatic nitrogens is 1. The monoisotopic (exact) mass is 278 g/mol. The SMILES string of the molecule is CC1CSCCN1c1ncc(Br)s1. The van der Waals surface area contributed by atoms with Crippen LogP contribution in [0.25, 0.3) is 0 Å². The molecule has 0 amide bonds. The standard InChI is InChI=1S/C8H11BrN2S2/c1-6-5-12-3-2-11(6)8-10-4-7(9)13-8/h4,6H,2-3,5H2,1H3. The maximum atomic E-state index is 4.38. The van der Waals surface area contributed by atoms with Gasteiger partial charge in [0.25, 0.3) is 0 Å². The molecule has 0 saturated carbocycles. The van der Waals surface area contributed by atoms with Crippen molar-refractivity contribution in [3.05, 3.63) is 9.98 Å². The third-order valence-electron chi connectivity index (χ3n) is 2.08. The van der Waals surface area contributed by atoms with Gasteiger partial charge in [-0.1, -0.05) is 11.3 Å². The number of nitrogens with zero attached hydrogens (tertiary/aromatic N) is 2. The number of halogens is 1. The lowest BCUT2D eigenvalue weighted by atomic mass is 10.3. The summed E-state index contributed by atoms with van der Waals surface area (Å²) in [4.78, 5) is 6.77. The Labute approximate surface area is 94.9 Å². The number of thiazole rings is 1. The van der Waals surface area contributed by atoms with Crippen molar-refractivity contribution in [2.75, 3.05) is 23.0 Å². The van der Waals surface area contributed by atoms with Gasteiger partial charge in [-0.15, -0.1) is 0 Å². The van der Waals surface area contributed by atoms with Gasteiger partial charge in [-0.05, 0) is 22.9 Å². The summed E-state index contributed by atoms with van der Waals surface area (Å²) in [5, 5.41) is 1.15. The van der Waals surface area contributed by atoms with Crippen molar-refractivity contribution >= 4 is 44.2 Å². The molecule has 0 N–H and O–H groups in total. The molecule has 72 valence electrons. The predicted molar refractivity (Wildman–Crippen MR) is 63.9 cm³/mol. The molecule has 0 radical (unpaired) electrons. The summed E-state index contributed by atoms with van der Waals surface area (Å²) in [6.07, 6.45) is 1.88. The Morgan fingerprint density at radius 1 is 1.69 bits per heavy atom. The van der Waals surface area contributed by atoms with Gasteiger partial charge in [0.1, 0.15) is 0 Å². The number of thioether (sulfide) groups is 1. The molecule has 2 nitrogen and oxygen atoms in total. The van der Waals surface area contributed by atoms with Gasteiger partial charge in [-0.3, -0.25) is 0 Å². The Morgan fingerprint density at radius 2 is 2.54 bits per heavy atom. The Morgan fingerprint density at radius 3 is 3.15 bits per heavy atom. The molecule has 13 heavy (non-hydrogen) atoms. The third kappa shape index (κ3) is 2.19. The fourth-order valence-electron chi connectivity index (χ4n) is 1.39. The van der Waals surface area contributed by atoms with E-state index in [1.165, 1.54) is 11.5 Å². The summed E-state index contributed by atoms with van der Waals surface area (Å²) in [6.45, 7) is 3.40. The lowest BCUT2D eigenvalue weighted by Crippen LogP contribution is -2.40. The zero-order chi connectivity index (χ0) is 9.26. The summed E-state index contributed by atoms with van der Waals surface area (Å²) in [5.74, 6) is 2.44. The van der Waals surface area contributed by atoms with Crippen LogP contribution < -0.4 is 4.90 Å². The Kier molecular flexibility index (Phi) is 3.16. The van der Waals surface area contributed by atoms with Gasteiger partial charge in [-0.2, -0.15) is 11.8 Å². The first-order valence-electron chi connectivity index (χ1n) is 4.23. The summed E-state index contributed by atoms with van der Waals surface area (Å²) in [7, 11) is 0. The Balaban J connectivity index is 2.14. The minimum Gasteiger partial charge on any atom is -0.344 e. The predicted octanol–water partition coefficient (Wildman–Crippen LogP) is 2.85. The summed E-state index contributed by atoms with van der Waals surface area (Å²) in [5.41, 5.74) is 0. The van der Waals surface area contributed by atoms with Crippen molar-refractivity contribution in [1.29, 1.82) is 0 Å². The van der Waals surface area contributed by atoms with E-state index in [0.717, 1.165) is 15.5 Å². The van der Waals surface area contributed by atoms with Crippen molar-refractivity contribution in [1.82, 2.24) is 4.98 Å². The van der Waals surface area contributed by atoms with E-state index in [1.807, 2.05) is 18.0 Å². The second-order valence-corrected chi connectivity index (χ2v) is 6.60. The maximum absolute atomic E-state index is 4.38. The van der Waals surface area contributed by atoms with Crippen LogP contribution in [-0.4, -0.2) is 29.1 Å². The Hall–Kier alpha value is 0.260. The van der Waals surface area contributed by atoms with E-state index in [9.17, 15) is 0 Å². The average Bonchev–Trinajstić information content (AvgIpc) is 2.53. The molecule has 1 atom stereocenters. The topological polar surface area (TPSA) is 16.1 Å². The third-order valence-corrected chi connectivity index (χ3v) is 4.78. The minimum atomic E-state index is 0.622. The summed E-state index contributed by atoms with van der Waals surface area (Å²) < 4.78 is 1.12. The number of hydrogen-bond acceptors (Lipinski definition) is 4. The van der Waals surface area contributed by atoms with Gasteiger partial charge in [0.05, 0.1) is 9.98 Å². The van der Waals surface area contributed by atoms with E-state index >= 15 is 0 Å². The van der Waals surface area contributed by atoms with Crippen LogP contribution >= 0.6 is 39.0 Å². The molecule has 0 aliphatic carbocycles. The van der Waals surface area contributed by atoms with Crippen LogP contribution in [0, 0.1) is 0 Å². The van der Waals surface area contributed by atoms with E-state index in [1.54, 1.807) is 11.3 Å². The molecule has 2 heterocycles. The highest BCUT2D eigenvalue weighted by Crippen LogP contribution is 2.30. The van der Waals surface area contributed by atoms with E-state index in [2.05, 4.69) is 32.7 Å². The normalized spacial score (nSPS) is 23.5. The van der Waals surface area contributed by atoms with Crippen LogP contribution in [0.15, 0.2) is 9.98 Å². The molecule has 5 heteroatoms. The fraction of sp³-hybridized carbons (Fsp3) is 0.625. The molecule has 1 aliphatic rings. The van der Waals surface area contributed by atoms with Gasteiger partial charge in [-0.25, -0.2) is 4.98 Å². The largest absolute Gasteiger partial charge is 0.344 e. The molecule has 1 unspecified atom stereocenters. The molecular formula is C8H11BrN2S2. The van der Waals surface area contributed by atoms with Crippen LogP contribution in [-0.2, 0) is 0 Å². The first-order chi connectivity index (χ1) is 6.27. The van der Waals surface area contributed by atoms with Gasteiger partial charge < -0.3 is 4.90 Å². The van der Waals surface area contributed by atoms with Crippen LogP contribution in [0.3, 0.4) is 0 Å². The number of rotatable bonds is 1. The highest BCUT2D eigenvalue weighted by Gasteiger charge is 2.20. The van der Waals surface area contributed by atoms with Crippen molar-refractivity contribution in [3.63, 3.8) is 0 Å². The van der Waals surface area contributed by atoms with E-state index < -0.39 is 0 Å². The summed E-state index contributed by atoms with van der Waals surface area (Å²) in [6, 6.07) is 0.622.